The Kier molecular flexibility index (Phi) is 19.4. The summed E-state index contributed by atoms with van der Waals surface area (Å²) < 4.78 is 0.903. The molecule has 3 heterocycles. The first kappa shape index (κ1) is 27.0. The van der Waals surface area contributed by atoms with Crippen LogP contribution in [-0.2, 0) is 0 Å². The largest absolute Gasteiger partial charge is 0.351 e. The van der Waals surface area contributed by atoms with Gasteiger partial charge in [-0.05, 0) is 76.2 Å². The smallest absolute Gasteiger partial charge is 0.0978 e. The second-order valence-electron chi connectivity index (χ2n) is 7.25. The number of quaternary nitrogens is 1. The number of nitrogens with one attached hydrogen (secondary N) is 3. The van der Waals surface area contributed by atoms with Gasteiger partial charge in [0.15, 0.2) is 0 Å². The highest BCUT2D eigenvalue weighted by Gasteiger charge is 2.20. The maximum atomic E-state index is 3.77. The van der Waals surface area contributed by atoms with Crippen LogP contribution in [0.15, 0.2) is 69.3 Å². The van der Waals surface area contributed by atoms with Gasteiger partial charge in [-0.2, -0.15) is 0 Å². The Labute approximate surface area is 179 Å². The summed E-state index contributed by atoms with van der Waals surface area (Å²) in [5.74, 6) is 0. The Morgan fingerprint density at radius 2 is 1.10 bits per heavy atom. The molecule has 2 fully saturated rings. The highest BCUT2D eigenvalue weighted by Crippen LogP contribution is 2.07. The number of aromatic amines is 1. The molecule has 5 nitrogen and oxygen atoms in total. The van der Waals surface area contributed by atoms with Crippen molar-refractivity contribution in [2.45, 2.75) is 32.1 Å². The maximum Gasteiger partial charge on any atom is 0.0978 e. The molecule has 164 valence electrons. The van der Waals surface area contributed by atoms with Gasteiger partial charge in [0, 0.05) is 12.4 Å². The lowest BCUT2D eigenvalue weighted by Gasteiger charge is -2.35. The average molecular weight is 403 g/mol. The van der Waals surface area contributed by atoms with E-state index in [2.05, 4.69) is 46.9 Å². The number of piperidine rings is 1. The fourth-order valence-corrected chi connectivity index (χ4v) is 3.18. The van der Waals surface area contributed by atoms with E-state index in [0.29, 0.717) is 0 Å². The normalized spacial score (nSPS) is 15.2. The molecule has 3 N–H and O–H groups in total. The van der Waals surface area contributed by atoms with E-state index in [1.54, 1.807) is 18.7 Å². The minimum atomic E-state index is 0.903. The molecule has 0 spiro atoms. The van der Waals surface area contributed by atoms with Crippen LogP contribution >= 0.6 is 0 Å². The predicted molar refractivity (Wildman–Crippen MR) is 128 cm³/mol. The third kappa shape index (κ3) is 16.7. The second-order valence-corrected chi connectivity index (χ2v) is 7.25. The minimum Gasteiger partial charge on any atom is -0.351 e. The third-order valence-corrected chi connectivity index (χ3v) is 4.64. The van der Waals surface area contributed by atoms with Gasteiger partial charge in [-0.15, -0.1) is 0 Å². The van der Waals surface area contributed by atoms with Crippen LogP contribution in [0.5, 0.6) is 0 Å². The molecule has 1 aromatic heterocycles. The van der Waals surface area contributed by atoms with E-state index in [4.69, 9.17) is 0 Å². The van der Waals surface area contributed by atoms with Gasteiger partial charge in [-0.3, -0.25) is 0 Å². The molecule has 0 saturated carbocycles. The highest BCUT2D eigenvalue weighted by atomic mass is 15.3. The summed E-state index contributed by atoms with van der Waals surface area (Å²) >= 11 is 0. The maximum absolute atomic E-state index is 3.77. The number of aromatic nitrogens is 2. The van der Waals surface area contributed by atoms with Gasteiger partial charge in [0.2, 0.25) is 0 Å². The van der Waals surface area contributed by atoms with Gasteiger partial charge in [0.05, 0.1) is 32.5 Å². The molecule has 0 bridgehead atoms. The van der Waals surface area contributed by atoms with E-state index in [9.17, 15) is 0 Å². The quantitative estimate of drug-likeness (QED) is 0.453. The van der Waals surface area contributed by atoms with Gasteiger partial charge in [0.1, 0.15) is 0 Å². The Morgan fingerprint density at radius 1 is 0.690 bits per heavy atom. The fraction of sp³-hybridized carbons (Fsp3) is 0.542. The minimum absolute atomic E-state index is 0.903. The first-order valence-electron chi connectivity index (χ1n) is 10.9. The van der Waals surface area contributed by atoms with E-state index in [1.807, 2.05) is 24.3 Å². The summed E-state index contributed by atoms with van der Waals surface area (Å²) in [6.45, 7) is 23.8. The van der Waals surface area contributed by atoms with Crippen molar-refractivity contribution in [3.63, 3.8) is 0 Å². The summed E-state index contributed by atoms with van der Waals surface area (Å²) in [7, 11) is 0. The van der Waals surface area contributed by atoms with Crippen LogP contribution in [0.4, 0.5) is 0 Å². The summed E-state index contributed by atoms with van der Waals surface area (Å²) in [5, 5.41) is 6.51. The summed E-state index contributed by atoms with van der Waals surface area (Å²) in [6.07, 6.45) is 19.8. The van der Waals surface area contributed by atoms with Crippen LogP contribution in [0.2, 0.25) is 0 Å². The molecule has 0 atom stereocenters. The lowest BCUT2D eigenvalue weighted by molar-refractivity contribution is -0.906. The van der Waals surface area contributed by atoms with E-state index >= 15 is 0 Å². The standard InChI is InChI=1S/C12H20N.C5H11N.C4H9N.C3H4N2/c1-5-9-13(10-6-2,11-7-3)12-8-4;1-2-4-6-5-3-1;1-2-4-5-3-1;1-2-5-3-4-1/h5-8H,1-4,9-12H2;6H,1-5H2;5H,1-4H2;1-3H,(H,4,5)/q+1;;;. The zero-order valence-electron chi connectivity index (χ0n) is 18.5. The molecule has 0 unspecified atom stereocenters. The fourth-order valence-electron chi connectivity index (χ4n) is 3.18. The second kappa shape index (κ2) is 20.8. The monoisotopic (exact) mass is 402 g/mol. The van der Waals surface area contributed by atoms with Crippen molar-refractivity contribution in [3.05, 3.63) is 69.3 Å². The summed E-state index contributed by atoms with van der Waals surface area (Å²) in [5.41, 5.74) is 0. The lowest BCUT2D eigenvalue weighted by Crippen LogP contribution is -2.48. The van der Waals surface area contributed by atoms with Crippen LogP contribution in [-0.4, -0.2) is 66.8 Å². The van der Waals surface area contributed by atoms with Crippen LogP contribution in [0.25, 0.3) is 0 Å². The Hall–Kier alpha value is -1.95. The Balaban J connectivity index is 0.000000400. The van der Waals surface area contributed by atoms with Gasteiger partial charge < -0.3 is 20.1 Å². The SMILES string of the molecule is C1CCNC1.C1CCNCC1.C=CC[N+](CC=C)(CC=C)CC=C.c1c[nH]cn1. The first-order valence-corrected chi connectivity index (χ1v) is 10.9. The van der Waals surface area contributed by atoms with Crippen LogP contribution < -0.4 is 10.6 Å². The molecule has 2 saturated heterocycles. The number of imidazole rings is 1. The van der Waals surface area contributed by atoms with Crippen LogP contribution in [0, 0.1) is 0 Å². The van der Waals surface area contributed by atoms with Crippen molar-refractivity contribution in [2.75, 3.05) is 52.4 Å². The molecular weight excluding hydrogens is 358 g/mol. The average Bonchev–Trinajstić information content (AvgIpc) is 3.50. The highest BCUT2D eigenvalue weighted by molar-refractivity contribution is 4.79. The third-order valence-electron chi connectivity index (χ3n) is 4.64. The van der Waals surface area contributed by atoms with Crippen molar-refractivity contribution in [1.29, 1.82) is 0 Å². The molecule has 0 amide bonds. The van der Waals surface area contributed by atoms with Crippen LogP contribution in [0.3, 0.4) is 0 Å². The van der Waals surface area contributed by atoms with Crippen LogP contribution in [0.1, 0.15) is 32.1 Å². The number of H-pyrrole nitrogens is 1. The van der Waals surface area contributed by atoms with Crippen molar-refractivity contribution in [2.24, 2.45) is 0 Å². The van der Waals surface area contributed by atoms with Crippen molar-refractivity contribution < 1.29 is 4.48 Å². The van der Waals surface area contributed by atoms with Crippen molar-refractivity contribution in [1.82, 2.24) is 20.6 Å². The molecule has 2 aliphatic heterocycles. The Morgan fingerprint density at radius 3 is 1.28 bits per heavy atom. The van der Waals surface area contributed by atoms with E-state index in [-0.39, 0.29) is 0 Å². The molecule has 5 heteroatoms. The molecule has 1 aromatic rings. The number of nitrogens with zero attached hydrogens (tertiary/aromatic N) is 2. The molecule has 0 radical (unpaired) electrons. The molecule has 0 aliphatic carbocycles. The summed E-state index contributed by atoms with van der Waals surface area (Å²) in [4.78, 5) is 6.42. The van der Waals surface area contributed by atoms with Crippen molar-refractivity contribution >= 4 is 0 Å². The van der Waals surface area contributed by atoms with Gasteiger partial charge in [-0.1, -0.05) is 32.7 Å². The zero-order valence-corrected chi connectivity index (χ0v) is 18.5. The molecule has 0 aromatic carbocycles. The molecular formula is C24H44N5+. The predicted octanol–water partition coefficient (Wildman–Crippen LogP) is 4.09. The topological polar surface area (TPSA) is 52.7 Å². The first-order chi connectivity index (χ1) is 14.2. The molecule has 2 aliphatic rings. The number of rotatable bonds is 8. The van der Waals surface area contributed by atoms with E-state index in [1.165, 1.54) is 58.3 Å². The number of hydrogen-bond donors (Lipinski definition) is 3. The van der Waals surface area contributed by atoms with Crippen molar-refractivity contribution in [3.8, 4) is 0 Å². The Bertz CT molecular complexity index is 406. The lowest BCUT2D eigenvalue weighted by atomic mass is 10.2. The molecule has 29 heavy (non-hydrogen) atoms. The van der Waals surface area contributed by atoms with E-state index < -0.39 is 0 Å². The van der Waals surface area contributed by atoms with Gasteiger partial charge in [-0.25, -0.2) is 4.98 Å². The van der Waals surface area contributed by atoms with Gasteiger partial charge in [0.25, 0.3) is 0 Å². The summed E-state index contributed by atoms with van der Waals surface area (Å²) in [6, 6.07) is 0. The zero-order chi connectivity index (χ0) is 21.5. The molecule has 3 rings (SSSR count). The van der Waals surface area contributed by atoms with Gasteiger partial charge >= 0.3 is 0 Å². The number of hydrogen-bond acceptors (Lipinski definition) is 3. The van der Waals surface area contributed by atoms with E-state index in [0.717, 1.165) is 30.7 Å².